The van der Waals surface area contributed by atoms with Crippen molar-refractivity contribution < 1.29 is 18.3 Å². The van der Waals surface area contributed by atoms with Crippen LogP contribution in [0.3, 0.4) is 0 Å². The molecule has 1 aromatic heterocycles. The van der Waals surface area contributed by atoms with Crippen molar-refractivity contribution in [2.75, 3.05) is 6.54 Å². The lowest BCUT2D eigenvalue weighted by atomic mass is 9.98. The van der Waals surface area contributed by atoms with Crippen LogP contribution in [0.4, 0.5) is 8.78 Å². The minimum absolute atomic E-state index is 0.0347. The maximum absolute atomic E-state index is 13.1. The number of aromatic nitrogens is 2. The molecular formula is C20H23F2N3O2. The molecule has 2 aliphatic rings. The molecule has 2 fully saturated rings. The van der Waals surface area contributed by atoms with Crippen LogP contribution in [0.2, 0.25) is 0 Å². The summed E-state index contributed by atoms with van der Waals surface area (Å²) in [5.41, 5.74) is 2.93. The van der Waals surface area contributed by atoms with Crippen LogP contribution in [0.25, 0.3) is 0 Å². The Balaban J connectivity index is 1.43. The summed E-state index contributed by atoms with van der Waals surface area (Å²) < 4.78 is 28.9. The molecule has 1 saturated heterocycles. The van der Waals surface area contributed by atoms with Crippen molar-refractivity contribution in [3.63, 3.8) is 0 Å². The number of ether oxygens (including phenoxy) is 1. The van der Waals surface area contributed by atoms with Crippen molar-refractivity contribution in [2.45, 2.75) is 51.2 Å². The molecule has 2 heterocycles. The number of H-pyrrole nitrogens is 1. The molecule has 144 valence electrons. The maximum Gasteiger partial charge on any atom is 0.387 e. The Kier molecular flexibility index (Phi) is 4.85. The first kappa shape index (κ1) is 17.9. The highest BCUT2D eigenvalue weighted by Gasteiger charge is 2.47. The number of benzene rings is 1. The van der Waals surface area contributed by atoms with Crippen molar-refractivity contribution >= 4 is 5.91 Å². The van der Waals surface area contributed by atoms with Crippen LogP contribution in [0, 0.1) is 12.8 Å². The van der Waals surface area contributed by atoms with E-state index in [1.54, 1.807) is 12.1 Å². The predicted molar refractivity (Wildman–Crippen MR) is 95.6 cm³/mol. The number of aromatic amines is 1. The van der Waals surface area contributed by atoms with Crippen LogP contribution in [0.1, 0.15) is 54.6 Å². The monoisotopic (exact) mass is 375 g/mol. The van der Waals surface area contributed by atoms with Crippen molar-refractivity contribution in [1.82, 2.24) is 15.1 Å². The second kappa shape index (κ2) is 7.29. The van der Waals surface area contributed by atoms with Gasteiger partial charge in [-0.1, -0.05) is 12.1 Å². The number of carbonyl (C=O) groups excluding carboxylic acids is 1. The Bertz CT molecular complexity index is 806. The molecule has 1 N–H and O–H groups in total. The number of nitrogens with zero attached hydrogens (tertiary/aromatic N) is 2. The van der Waals surface area contributed by atoms with Gasteiger partial charge in [0.25, 0.3) is 0 Å². The molecule has 1 aliphatic carbocycles. The maximum atomic E-state index is 13.1. The van der Waals surface area contributed by atoms with Crippen molar-refractivity contribution in [2.24, 2.45) is 5.92 Å². The van der Waals surface area contributed by atoms with E-state index in [0.29, 0.717) is 0 Å². The lowest BCUT2D eigenvalue weighted by Gasteiger charge is -2.35. The molecule has 0 radical (unpaired) electrons. The Morgan fingerprint density at radius 2 is 2.07 bits per heavy atom. The number of rotatable bonds is 5. The van der Waals surface area contributed by atoms with E-state index < -0.39 is 6.61 Å². The van der Waals surface area contributed by atoms with E-state index in [4.69, 9.17) is 0 Å². The zero-order chi connectivity index (χ0) is 19.0. The number of alkyl halides is 2. The largest absolute Gasteiger partial charge is 0.435 e. The zero-order valence-electron chi connectivity index (χ0n) is 15.2. The Labute approximate surface area is 156 Å². The normalized spacial score (nSPS) is 24.9. The summed E-state index contributed by atoms with van der Waals surface area (Å²) >= 11 is 0. The summed E-state index contributed by atoms with van der Waals surface area (Å²) in [6.07, 6.45) is 3.85. The van der Waals surface area contributed by atoms with E-state index >= 15 is 0 Å². The molecule has 5 nitrogen and oxygen atoms in total. The molecule has 2 aromatic rings. The molecule has 0 spiro atoms. The third kappa shape index (κ3) is 3.82. The van der Waals surface area contributed by atoms with Gasteiger partial charge < -0.3 is 9.64 Å². The van der Waals surface area contributed by atoms with Gasteiger partial charge in [0, 0.05) is 18.2 Å². The first-order valence-corrected chi connectivity index (χ1v) is 9.40. The lowest BCUT2D eigenvalue weighted by Crippen LogP contribution is -2.39. The predicted octanol–water partition coefficient (Wildman–Crippen LogP) is 4.18. The van der Waals surface area contributed by atoms with Gasteiger partial charge in [-0.2, -0.15) is 13.9 Å². The first-order valence-electron chi connectivity index (χ1n) is 9.40. The molecule has 4 rings (SSSR count). The Morgan fingerprint density at radius 1 is 1.30 bits per heavy atom. The number of carbonyl (C=O) groups is 1. The number of piperidine rings is 1. The standard InChI is InChI=1S/C20H23F2N3O2/c1-12-10-17(24-23-12)18-4-2-3-9-25(18)19(26)16-11-15(16)13-5-7-14(8-6-13)27-20(21)22/h5-8,10,15-16,18,20H,2-4,9,11H2,1H3,(H,23,24)/t15-,16+,18?/m0/s1. The Hall–Kier alpha value is -2.44. The molecule has 0 bridgehead atoms. The third-order valence-corrected chi connectivity index (χ3v) is 5.49. The second-order valence-electron chi connectivity index (χ2n) is 7.42. The molecule has 3 atom stereocenters. The van der Waals surface area contributed by atoms with E-state index in [1.807, 2.05) is 17.9 Å². The van der Waals surface area contributed by atoms with Crippen LogP contribution in [0.15, 0.2) is 30.3 Å². The van der Waals surface area contributed by atoms with Crippen molar-refractivity contribution in [3.8, 4) is 5.75 Å². The van der Waals surface area contributed by atoms with Crippen LogP contribution < -0.4 is 4.74 Å². The van der Waals surface area contributed by atoms with E-state index in [0.717, 1.165) is 49.2 Å². The average molecular weight is 375 g/mol. The SMILES string of the molecule is Cc1cc(C2CCCCN2C(=O)[C@@H]2C[C@H]2c2ccc(OC(F)F)cc2)n[nH]1. The fourth-order valence-corrected chi connectivity index (χ4v) is 4.06. The fourth-order valence-electron chi connectivity index (χ4n) is 4.06. The minimum atomic E-state index is -2.83. The molecule has 27 heavy (non-hydrogen) atoms. The highest BCUT2D eigenvalue weighted by atomic mass is 19.3. The highest BCUT2D eigenvalue weighted by molar-refractivity contribution is 5.83. The summed E-state index contributed by atoms with van der Waals surface area (Å²) in [5.74, 6) is 0.439. The topological polar surface area (TPSA) is 58.2 Å². The van der Waals surface area contributed by atoms with Crippen LogP contribution in [0.5, 0.6) is 5.75 Å². The van der Waals surface area contributed by atoms with Crippen LogP contribution in [-0.4, -0.2) is 34.2 Å². The van der Waals surface area contributed by atoms with Gasteiger partial charge >= 0.3 is 6.61 Å². The summed E-state index contributed by atoms with van der Waals surface area (Å²) in [4.78, 5) is 15.1. The second-order valence-corrected chi connectivity index (χ2v) is 7.42. The highest BCUT2D eigenvalue weighted by Crippen LogP contribution is 2.50. The number of likely N-dealkylation sites (tertiary alicyclic amines) is 1. The van der Waals surface area contributed by atoms with Gasteiger partial charge in [-0.15, -0.1) is 0 Å². The van der Waals surface area contributed by atoms with Gasteiger partial charge in [-0.05, 0) is 62.3 Å². The molecule has 1 saturated carbocycles. The lowest BCUT2D eigenvalue weighted by molar-refractivity contribution is -0.136. The number of aryl methyl sites for hydroxylation is 1. The number of nitrogens with one attached hydrogen (secondary N) is 1. The smallest absolute Gasteiger partial charge is 0.387 e. The first-order chi connectivity index (χ1) is 13.0. The zero-order valence-corrected chi connectivity index (χ0v) is 15.2. The quantitative estimate of drug-likeness (QED) is 0.853. The summed E-state index contributed by atoms with van der Waals surface area (Å²) in [6.45, 7) is -0.100. The molecular weight excluding hydrogens is 352 g/mol. The Morgan fingerprint density at radius 3 is 2.74 bits per heavy atom. The molecule has 1 unspecified atom stereocenters. The van der Waals surface area contributed by atoms with Gasteiger partial charge in [0.2, 0.25) is 5.91 Å². The third-order valence-electron chi connectivity index (χ3n) is 5.49. The molecule has 1 aliphatic heterocycles. The van der Waals surface area contributed by atoms with E-state index in [9.17, 15) is 13.6 Å². The van der Waals surface area contributed by atoms with E-state index in [2.05, 4.69) is 14.9 Å². The van der Waals surface area contributed by atoms with Crippen LogP contribution >= 0.6 is 0 Å². The van der Waals surface area contributed by atoms with Crippen molar-refractivity contribution in [3.05, 3.63) is 47.3 Å². The van der Waals surface area contributed by atoms with Gasteiger partial charge in [-0.25, -0.2) is 0 Å². The molecule has 1 amide bonds. The molecule has 7 heteroatoms. The van der Waals surface area contributed by atoms with Crippen molar-refractivity contribution in [1.29, 1.82) is 0 Å². The summed E-state index contributed by atoms with van der Waals surface area (Å²) in [5, 5.41) is 7.34. The van der Waals surface area contributed by atoms with Gasteiger partial charge in [0.1, 0.15) is 5.75 Å². The van der Waals surface area contributed by atoms with Gasteiger partial charge in [0.05, 0.1) is 11.7 Å². The number of halogens is 2. The van der Waals surface area contributed by atoms with Gasteiger partial charge in [-0.3, -0.25) is 9.89 Å². The molecule has 1 aromatic carbocycles. The van der Waals surface area contributed by atoms with E-state index in [1.165, 1.54) is 12.1 Å². The minimum Gasteiger partial charge on any atom is -0.435 e. The number of hydrogen-bond donors (Lipinski definition) is 1. The average Bonchev–Trinajstić information content (AvgIpc) is 3.34. The van der Waals surface area contributed by atoms with Gasteiger partial charge in [0.15, 0.2) is 0 Å². The summed E-state index contributed by atoms with van der Waals surface area (Å²) in [6, 6.07) is 8.69. The number of amides is 1. The van der Waals surface area contributed by atoms with E-state index in [-0.39, 0.29) is 29.5 Å². The number of hydrogen-bond acceptors (Lipinski definition) is 3. The summed E-state index contributed by atoms with van der Waals surface area (Å²) in [7, 11) is 0. The van der Waals surface area contributed by atoms with Crippen LogP contribution in [-0.2, 0) is 4.79 Å². The fraction of sp³-hybridized carbons (Fsp3) is 0.500.